The highest BCUT2D eigenvalue weighted by atomic mass is 32.2. The van der Waals surface area contributed by atoms with Gasteiger partial charge in [-0.15, -0.1) is 0 Å². The summed E-state index contributed by atoms with van der Waals surface area (Å²) in [6.45, 7) is 2.57. The zero-order valence-electron chi connectivity index (χ0n) is 17.9. The Kier molecular flexibility index (Phi) is 8.32. The Morgan fingerprint density at radius 3 is 2.59 bits per heavy atom. The highest BCUT2D eigenvalue weighted by Crippen LogP contribution is 2.29. The van der Waals surface area contributed by atoms with Gasteiger partial charge in [0.1, 0.15) is 6.54 Å². The molecule has 2 fully saturated rings. The molecule has 9 nitrogen and oxygen atoms in total. The molecule has 2 amide bonds. The van der Waals surface area contributed by atoms with Gasteiger partial charge in [0.25, 0.3) is 0 Å². The van der Waals surface area contributed by atoms with Gasteiger partial charge in [-0.25, -0.2) is 13.2 Å². The van der Waals surface area contributed by atoms with Crippen molar-refractivity contribution in [2.24, 2.45) is 0 Å². The van der Waals surface area contributed by atoms with Crippen molar-refractivity contribution in [2.75, 3.05) is 37.3 Å². The lowest BCUT2D eigenvalue weighted by Gasteiger charge is -2.20. The first kappa shape index (κ1) is 24.3. The molecule has 2 aliphatic rings. The summed E-state index contributed by atoms with van der Waals surface area (Å²) in [6.07, 6.45) is 4.89. The van der Waals surface area contributed by atoms with E-state index in [1.54, 1.807) is 19.1 Å². The summed E-state index contributed by atoms with van der Waals surface area (Å²) in [7, 11) is -3.65. The number of ether oxygens (including phenoxy) is 1. The zero-order valence-corrected chi connectivity index (χ0v) is 19.5. The fourth-order valence-electron chi connectivity index (χ4n) is 3.49. The number of anilines is 1. The average Bonchev–Trinajstić information content (AvgIpc) is 2.96. The van der Waals surface area contributed by atoms with Gasteiger partial charge < -0.3 is 10.1 Å². The molecule has 0 atom stereocenters. The van der Waals surface area contributed by atoms with Crippen molar-refractivity contribution in [3.63, 3.8) is 0 Å². The molecule has 2 heterocycles. The van der Waals surface area contributed by atoms with E-state index in [9.17, 15) is 22.8 Å². The van der Waals surface area contributed by atoms with E-state index in [0.717, 1.165) is 37.4 Å². The number of thioether (sulfide) groups is 1. The van der Waals surface area contributed by atoms with Crippen LogP contribution in [0.25, 0.3) is 0 Å². The molecular weight excluding hydrogens is 454 g/mol. The summed E-state index contributed by atoms with van der Waals surface area (Å²) in [5, 5.41) is 3.00. The summed E-state index contributed by atoms with van der Waals surface area (Å²) in [4.78, 5) is 37.7. The van der Waals surface area contributed by atoms with E-state index in [1.165, 1.54) is 27.4 Å². The quantitative estimate of drug-likeness (QED) is 0.469. The normalized spacial score (nSPS) is 19.1. The van der Waals surface area contributed by atoms with E-state index < -0.39 is 21.9 Å². The van der Waals surface area contributed by atoms with Gasteiger partial charge in [-0.2, -0.15) is 4.31 Å². The minimum atomic E-state index is -3.65. The van der Waals surface area contributed by atoms with Crippen molar-refractivity contribution in [1.82, 2.24) is 9.21 Å². The Hall–Kier alpha value is -2.37. The maximum atomic E-state index is 13.0. The van der Waals surface area contributed by atoms with E-state index in [0.29, 0.717) is 23.8 Å². The number of hydrogen-bond donors (Lipinski definition) is 1. The van der Waals surface area contributed by atoms with Gasteiger partial charge in [-0.05, 0) is 38.0 Å². The molecule has 2 aliphatic heterocycles. The Labute approximate surface area is 192 Å². The van der Waals surface area contributed by atoms with Crippen molar-refractivity contribution in [1.29, 1.82) is 0 Å². The van der Waals surface area contributed by atoms with Crippen molar-refractivity contribution in [2.45, 2.75) is 37.5 Å². The average molecular weight is 482 g/mol. The maximum Gasteiger partial charge on any atom is 0.333 e. The lowest BCUT2D eigenvalue weighted by Crippen LogP contribution is -2.34. The molecular formula is C21H27N3O6S2. The monoisotopic (exact) mass is 481 g/mol. The van der Waals surface area contributed by atoms with E-state index in [2.05, 4.69) is 5.32 Å². The predicted octanol–water partition coefficient (Wildman–Crippen LogP) is 2.17. The third-order valence-electron chi connectivity index (χ3n) is 5.06. The second-order valence-electron chi connectivity index (χ2n) is 7.40. The van der Waals surface area contributed by atoms with Crippen LogP contribution in [0.2, 0.25) is 0 Å². The number of amides is 2. The molecule has 0 radical (unpaired) electrons. The van der Waals surface area contributed by atoms with E-state index in [1.807, 2.05) is 0 Å². The molecule has 1 aromatic rings. The minimum absolute atomic E-state index is 0.118. The smallest absolute Gasteiger partial charge is 0.333 e. The summed E-state index contributed by atoms with van der Waals surface area (Å²) < 4.78 is 32.4. The second-order valence-corrected chi connectivity index (χ2v) is 10.3. The molecule has 2 saturated heterocycles. The summed E-state index contributed by atoms with van der Waals surface area (Å²) in [5.74, 6) is -1.25. The second kappa shape index (κ2) is 11.0. The Balaban J connectivity index is 1.69. The van der Waals surface area contributed by atoms with Crippen molar-refractivity contribution in [3.05, 3.63) is 35.4 Å². The van der Waals surface area contributed by atoms with Gasteiger partial charge in [-0.3, -0.25) is 14.5 Å². The number of sulfonamides is 1. The number of rotatable bonds is 7. The number of benzene rings is 1. The third kappa shape index (κ3) is 6.11. The van der Waals surface area contributed by atoms with Crippen LogP contribution >= 0.6 is 11.8 Å². The van der Waals surface area contributed by atoms with Crippen LogP contribution < -0.4 is 5.32 Å². The van der Waals surface area contributed by atoms with Gasteiger partial charge >= 0.3 is 5.97 Å². The zero-order chi connectivity index (χ0) is 23.1. The van der Waals surface area contributed by atoms with E-state index in [-0.39, 0.29) is 29.7 Å². The Morgan fingerprint density at radius 2 is 1.91 bits per heavy atom. The van der Waals surface area contributed by atoms with Crippen LogP contribution in [-0.2, 0) is 29.1 Å². The number of carbonyl (C=O) groups excluding carboxylic acids is 3. The molecule has 1 N–H and O–H groups in total. The molecule has 0 spiro atoms. The molecule has 3 rings (SSSR count). The number of esters is 1. The van der Waals surface area contributed by atoms with E-state index in [4.69, 9.17) is 4.74 Å². The van der Waals surface area contributed by atoms with Gasteiger partial charge in [0.2, 0.25) is 21.8 Å². The number of carbonyl (C=O) groups is 3. The number of nitrogens with zero attached hydrogens (tertiary/aromatic N) is 2. The molecule has 0 aromatic heterocycles. The molecule has 32 heavy (non-hydrogen) atoms. The molecule has 174 valence electrons. The van der Waals surface area contributed by atoms with Crippen LogP contribution in [0.15, 0.2) is 40.3 Å². The lowest BCUT2D eigenvalue weighted by molar-refractivity contribution is -0.137. The van der Waals surface area contributed by atoms with Crippen LogP contribution in [0.4, 0.5) is 5.69 Å². The summed E-state index contributed by atoms with van der Waals surface area (Å²) >= 11 is 1.16. The predicted molar refractivity (Wildman–Crippen MR) is 121 cm³/mol. The fourth-order valence-corrected chi connectivity index (χ4v) is 5.99. The largest absolute Gasteiger partial charge is 0.463 e. The topological polar surface area (TPSA) is 113 Å². The van der Waals surface area contributed by atoms with Crippen molar-refractivity contribution in [3.8, 4) is 0 Å². The summed E-state index contributed by atoms with van der Waals surface area (Å²) in [6, 6.07) is 6.10. The van der Waals surface area contributed by atoms with E-state index >= 15 is 0 Å². The minimum Gasteiger partial charge on any atom is -0.463 e. The van der Waals surface area contributed by atoms with Gasteiger partial charge in [0, 0.05) is 18.8 Å². The lowest BCUT2D eigenvalue weighted by atomic mass is 10.2. The van der Waals surface area contributed by atoms with Gasteiger partial charge in [0.05, 0.1) is 28.4 Å². The standard InChI is InChI=1S/C21H27N3O6S2/c1-2-30-21(27)13-20-24(19(26)15-31-20)14-18(25)22-16-8-7-9-17(12-16)32(28,29)23-10-5-3-4-6-11-23/h7-9,12-13H,2-6,10-11,14-15H2,1H3,(H,22,25)/b20-13-. The fraction of sp³-hybridized carbons (Fsp3) is 0.476. The van der Waals surface area contributed by atoms with Crippen LogP contribution in [0.3, 0.4) is 0 Å². The molecule has 0 bridgehead atoms. The Morgan fingerprint density at radius 1 is 1.19 bits per heavy atom. The SMILES string of the molecule is CCOC(=O)/C=C1\SCC(=O)N1CC(=O)Nc1cccc(S(=O)(=O)N2CCCCCC2)c1. The maximum absolute atomic E-state index is 13.0. The van der Waals surface area contributed by atoms with Crippen LogP contribution in [-0.4, -0.2) is 67.4 Å². The first-order valence-corrected chi connectivity index (χ1v) is 13.0. The highest BCUT2D eigenvalue weighted by Gasteiger charge is 2.30. The van der Waals surface area contributed by atoms with Gasteiger partial charge in [-0.1, -0.05) is 30.7 Å². The first-order chi connectivity index (χ1) is 15.3. The molecule has 0 saturated carbocycles. The van der Waals surface area contributed by atoms with Crippen LogP contribution in [0.1, 0.15) is 32.6 Å². The van der Waals surface area contributed by atoms with Crippen molar-refractivity contribution < 1.29 is 27.5 Å². The molecule has 11 heteroatoms. The Bertz CT molecular complexity index is 1000. The molecule has 0 unspecified atom stereocenters. The molecule has 0 aliphatic carbocycles. The van der Waals surface area contributed by atoms with Gasteiger partial charge in [0.15, 0.2) is 0 Å². The summed E-state index contributed by atoms with van der Waals surface area (Å²) in [5.41, 5.74) is 0.320. The highest BCUT2D eigenvalue weighted by molar-refractivity contribution is 8.04. The third-order valence-corrected chi connectivity index (χ3v) is 7.98. The molecule has 1 aromatic carbocycles. The number of nitrogens with one attached hydrogen (secondary N) is 1. The van der Waals surface area contributed by atoms with Crippen molar-refractivity contribution >= 4 is 45.3 Å². The first-order valence-electron chi connectivity index (χ1n) is 10.5. The number of hydrogen-bond acceptors (Lipinski definition) is 7. The van der Waals surface area contributed by atoms with Crippen LogP contribution in [0, 0.1) is 0 Å². The van der Waals surface area contributed by atoms with Crippen LogP contribution in [0.5, 0.6) is 0 Å².